The zero-order valence-electron chi connectivity index (χ0n) is 9.88. The van der Waals surface area contributed by atoms with E-state index in [2.05, 4.69) is 39.0 Å². The highest BCUT2D eigenvalue weighted by atomic mass is 16.3. The molecule has 0 heterocycles. The lowest BCUT2D eigenvalue weighted by Crippen LogP contribution is -2.22. The lowest BCUT2D eigenvalue weighted by molar-refractivity contribution is 0.0401. The summed E-state index contributed by atoms with van der Waals surface area (Å²) in [6.07, 6.45) is 2.97. The van der Waals surface area contributed by atoms with Gasteiger partial charge in [-0.05, 0) is 50.2 Å². The predicted molar refractivity (Wildman–Crippen MR) is 62.8 cm³/mol. The Hall–Kier alpha value is -0.820. The molecule has 1 aromatic carbocycles. The van der Waals surface area contributed by atoms with Crippen LogP contribution in [0.4, 0.5) is 0 Å². The molecule has 0 spiro atoms. The van der Waals surface area contributed by atoms with Gasteiger partial charge in [-0.25, -0.2) is 0 Å². The van der Waals surface area contributed by atoms with E-state index in [1.807, 2.05) is 0 Å². The van der Waals surface area contributed by atoms with Crippen molar-refractivity contribution in [2.75, 3.05) is 0 Å². The van der Waals surface area contributed by atoms with Crippen LogP contribution in [0, 0.1) is 19.8 Å². The Balaban J connectivity index is 2.37. The summed E-state index contributed by atoms with van der Waals surface area (Å²) in [4.78, 5) is 0. The van der Waals surface area contributed by atoms with Crippen LogP contribution in [0.3, 0.4) is 0 Å². The lowest BCUT2D eigenvalue weighted by Gasteiger charge is -2.25. The molecular weight excluding hydrogens is 184 g/mol. The topological polar surface area (TPSA) is 20.2 Å². The van der Waals surface area contributed by atoms with Gasteiger partial charge in [0.05, 0.1) is 5.60 Å². The number of benzene rings is 1. The molecule has 0 amide bonds. The number of aryl methyl sites for hydroxylation is 2. The van der Waals surface area contributed by atoms with Crippen molar-refractivity contribution in [3.8, 4) is 0 Å². The Bertz CT molecular complexity index is 370. The summed E-state index contributed by atoms with van der Waals surface area (Å²) in [6, 6.07) is 6.36. The van der Waals surface area contributed by atoms with E-state index in [0.29, 0.717) is 5.92 Å². The number of aliphatic hydroxyl groups is 1. The Morgan fingerprint density at radius 1 is 1.33 bits per heavy atom. The standard InChI is InChI=1S/C14H20O/c1-10-4-5-13(12(3)8-10)14(15)7-6-11(2)9-14/h4-5,8,11,15H,6-7,9H2,1-3H3. The van der Waals surface area contributed by atoms with Crippen molar-refractivity contribution < 1.29 is 5.11 Å². The Morgan fingerprint density at radius 2 is 2.07 bits per heavy atom. The van der Waals surface area contributed by atoms with Gasteiger partial charge >= 0.3 is 0 Å². The Morgan fingerprint density at radius 3 is 2.60 bits per heavy atom. The van der Waals surface area contributed by atoms with Gasteiger partial charge in [-0.15, -0.1) is 0 Å². The molecule has 0 saturated heterocycles. The van der Waals surface area contributed by atoms with Crippen molar-refractivity contribution >= 4 is 0 Å². The minimum absolute atomic E-state index is 0.558. The SMILES string of the molecule is Cc1ccc(C2(O)CCC(C)C2)c(C)c1. The minimum atomic E-state index is -0.558. The van der Waals surface area contributed by atoms with E-state index in [0.717, 1.165) is 24.8 Å². The molecule has 2 rings (SSSR count). The van der Waals surface area contributed by atoms with Crippen molar-refractivity contribution in [1.29, 1.82) is 0 Å². The second-order valence-corrected chi connectivity index (χ2v) is 5.20. The Kier molecular flexibility index (Phi) is 2.59. The van der Waals surface area contributed by atoms with Gasteiger partial charge in [0.25, 0.3) is 0 Å². The first-order valence-electron chi connectivity index (χ1n) is 5.81. The molecular formula is C14H20O. The van der Waals surface area contributed by atoms with E-state index in [4.69, 9.17) is 0 Å². The van der Waals surface area contributed by atoms with Crippen molar-refractivity contribution in [1.82, 2.24) is 0 Å². The monoisotopic (exact) mass is 204 g/mol. The van der Waals surface area contributed by atoms with Gasteiger partial charge in [-0.1, -0.05) is 30.7 Å². The van der Waals surface area contributed by atoms with E-state index >= 15 is 0 Å². The van der Waals surface area contributed by atoms with Gasteiger partial charge in [0.2, 0.25) is 0 Å². The molecule has 2 atom stereocenters. The zero-order valence-corrected chi connectivity index (χ0v) is 9.88. The number of hydrogen-bond acceptors (Lipinski definition) is 1. The van der Waals surface area contributed by atoms with Gasteiger partial charge < -0.3 is 5.11 Å². The summed E-state index contributed by atoms with van der Waals surface area (Å²) in [7, 11) is 0. The molecule has 0 bridgehead atoms. The molecule has 2 unspecified atom stereocenters. The van der Waals surface area contributed by atoms with Gasteiger partial charge in [0.15, 0.2) is 0 Å². The van der Waals surface area contributed by atoms with Crippen LogP contribution in [0.2, 0.25) is 0 Å². The molecule has 82 valence electrons. The van der Waals surface area contributed by atoms with Crippen molar-refractivity contribution in [3.05, 3.63) is 34.9 Å². The van der Waals surface area contributed by atoms with Gasteiger partial charge in [-0.2, -0.15) is 0 Å². The molecule has 1 aromatic rings. The third kappa shape index (κ3) is 1.93. The summed E-state index contributed by atoms with van der Waals surface area (Å²) >= 11 is 0. The minimum Gasteiger partial charge on any atom is -0.385 e. The molecule has 1 N–H and O–H groups in total. The smallest absolute Gasteiger partial charge is 0.0901 e. The molecule has 1 nitrogen and oxygen atoms in total. The first-order chi connectivity index (χ1) is 7.01. The lowest BCUT2D eigenvalue weighted by atomic mass is 9.87. The van der Waals surface area contributed by atoms with E-state index in [9.17, 15) is 5.11 Å². The fraction of sp³-hybridized carbons (Fsp3) is 0.571. The van der Waals surface area contributed by atoms with Gasteiger partial charge in [-0.3, -0.25) is 0 Å². The van der Waals surface area contributed by atoms with Crippen LogP contribution in [0.1, 0.15) is 42.9 Å². The summed E-state index contributed by atoms with van der Waals surface area (Å²) < 4.78 is 0. The maximum absolute atomic E-state index is 10.6. The Labute approximate surface area is 92.1 Å². The van der Waals surface area contributed by atoms with Gasteiger partial charge in [0, 0.05) is 0 Å². The first-order valence-corrected chi connectivity index (χ1v) is 5.81. The molecule has 0 radical (unpaired) electrons. The second-order valence-electron chi connectivity index (χ2n) is 5.20. The predicted octanol–water partition coefficient (Wildman–Crippen LogP) is 3.31. The molecule has 1 heteroatoms. The summed E-state index contributed by atoms with van der Waals surface area (Å²) in [5, 5.41) is 10.6. The molecule has 1 saturated carbocycles. The van der Waals surface area contributed by atoms with E-state index in [1.54, 1.807) is 0 Å². The molecule has 1 aliphatic carbocycles. The highest BCUT2D eigenvalue weighted by Crippen LogP contribution is 2.42. The van der Waals surface area contributed by atoms with Crippen LogP contribution >= 0.6 is 0 Å². The quantitative estimate of drug-likeness (QED) is 0.744. The van der Waals surface area contributed by atoms with E-state index in [1.165, 1.54) is 11.1 Å². The summed E-state index contributed by atoms with van der Waals surface area (Å²) in [5.74, 6) is 0.649. The maximum atomic E-state index is 10.6. The number of rotatable bonds is 1. The average Bonchev–Trinajstić information content (AvgIpc) is 2.46. The van der Waals surface area contributed by atoms with Crippen LogP contribution < -0.4 is 0 Å². The highest BCUT2D eigenvalue weighted by molar-refractivity contribution is 5.35. The van der Waals surface area contributed by atoms with Crippen LogP contribution in [0.25, 0.3) is 0 Å². The molecule has 0 aliphatic heterocycles. The van der Waals surface area contributed by atoms with Crippen molar-refractivity contribution in [2.45, 2.75) is 45.6 Å². The van der Waals surface area contributed by atoms with Gasteiger partial charge in [0.1, 0.15) is 0 Å². The zero-order chi connectivity index (χ0) is 11.1. The third-order valence-electron chi connectivity index (χ3n) is 3.62. The fourth-order valence-electron chi connectivity index (χ4n) is 2.85. The van der Waals surface area contributed by atoms with E-state index in [-0.39, 0.29) is 0 Å². The van der Waals surface area contributed by atoms with Crippen LogP contribution in [-0.2, 0) is 5.60 Å². The fourth-order valence-corrected chi connectivity index (χ4v) is 2.85. The largest absolute Gasteiger partial charge is 0.385 e. The van der Waals surface area contributed by atoms with Crippen LogP contribution in [-0.4, -0.2) is 5.11 Å². The summed E-state index contributed by atoms with van der Waals surface area (Å²) in [5.41, 5.74) is 3.08. The van der Waals surface area contributed by atoms with E-state index < -0.39 is 5.60 Å². The maximum Gasteiger partial charge on any atom is 0.0901 e. The molecule has 15 heavy (non-hydrogen) atoms. The molecule has 0 aromatic heterocycles. The van der Waals surface area contributed by atoms with Crippen LogP contribution in [0.15, 0.2) is 18.2 Å². The summed E-state index contributed by atoms with van der Waals surface area (Å²) in [6.45, 7) is 6.42. The molecule has 1 aliphatic rings. The average molecular weight is 204 g/mol. The second kappa shape index (κ2) is 3.64. The highest BCUT2D eigenvalue weighted by Gasteiger charge is 2.37. The van der Waals surface area contributed by atoms with Crippen LogP contribution in [0.5, 0.6) is 0 Å². The third-order valence-corrected chi connectivity index (χ3v) is 3.62. The number of hydrogen-bond donors (Lipinski definition) is 1. The van der Waals surface area contributed by atoms with Crippen molar-refractivity contribution in [3.63, 3.8) is 0 Å². The normalized spacial score (nSPS) is 30.8. The molecule has 1 fully saturated rings. The van der Waals surface area contributed by atoms with Crippen molar-refractivity contribution in [2.24, 2.45) is 5.92 Å². The first kappa shape index (κ1) is 10.7.